The first kappa shape index (κ1) is 23.2. The second-order valence-corrected chi connectivity index (χ2v) is 8.25. The smallest absolute Gasteiger partial charge is 0.145 e. The molecule has 140 valence electrons. The van der Waals surface area contributed by atoms with Gasteiger partial charge in [-0.1, -0.05) is 97.8 Å². The van der Waals surface area contributed by atoms with Crippen LogP contribution in [-0.4, -0.2) is 17.1 Å². The van der Waals surface area contributed by atoms with Gasteiger partial charge in [0.2, 0.25) is 0 Å². The van der Waals surface area contributed by atoms with E-state index in [-0.39, 0.29) is 0 Å². The van der Waals surface area contributed by atoms with Crippen molar-refractivity contribution >= 4 is 10.5 Å². The van der Waals surface area contributed by atoms with Crippen molar-refractivity contribution in [3.63, 3.8) is 0 Å². The summed E-state index contributed by atoms with van der Waals surface area (Å²) in [5.41, 5.74) is 0.597. The van der Waals surface area contributed by atoms with Crippen LogP contribution in [0.1, 0.15) is 124 Å². The lowest BCUT2D eigenvalue weighted by Crippen LogP contribution is -2.23. The van der Waals surface area contributed by atoms with E-state index in [2.05, 4.69) is 20.8 Å². The van der Waals surface area contributed by atoms with Gasteiger partial charge in [0.05, 0.1) is 0 Å². The zero-order valence-electron chi connectivity index (χ0n) is 16.9. The zero-order valence-corrected chi connectivity index (χ0v) is 18.9. The Bertz CT molecular complexity index is 199. The molecule has 0 radical (unpaired) electrons. The molecule has 2 heteroatoms. The Morgan fingerprint density at radius 2 is 0.957 bits per heavy atom. The molecule has 0 aromatic heterocycles. The van der Waals surface area contributed by atoms with Crippen molar-refractivity contribution in [3.8, 4) is 0 Å². The van der Waals surface area contributed by atoms with Crippen molar-refractivity contribution in [1.82, 2.24) is 0 Å². The summed E-state index contributed by atoms with van der Waals surface area (Å²) < 4.78 is 5.62. The predicted octanol–water partition coefficient (Wildman–Crippen LogP) is 6.57. The molecular formula is C21H46OSi. The summed E-state index contributed by atoms with van der Waals surface area (Å²) in [6, 6.07) is 0. The van der Waals surface area contributed by atoms with Crippen LogP contribution < -0.4 is 0 Å². The number of unbranched alkanes of at least 4 members (excludes halogenated alkanes) is 9. The summed E-state index contributed by atoms with van der Waals surface area (Å²) in [6.07, 6.45) is 22.6. The second kappa shape index (κ2) is 17.0. The maximum absolute atomic E-state index is 5.62. The highest BCUT2D eigenvalue weighted by Gasteiger charge is 2.28. The molecule has 0 aromatic carbocycles. The SMILES string of the molecule is CCCCCCC(CCCCCC)(CCCCCC)CCO[SiH3]. The first-order chi connectivity index (χ1) is 11.2. The van der Waals surface area contributed by atoms with E-state index in [1.54, 1.807) is 0 Å². The molecule has 0 heterocycles. The maximum atomic E-state index is 5.62. The average Bonchev–Trinajstić information content (AvgIpc) is 2.57. The van der Waals surface area contributed by atoms with Gasteiger partial charge in [-0.3, -0.25) is 0 Å². The van der Waals surface area contributed by atoms with Crippen molar-refractivity contribution in [1.29, 1.82) is 0 Å². The van der Waals surface area contributed by atoms with Gasteiger partial charge in [-0.05, 0) is 31.1 Å². The van der Waals surface area contributed by atoms with E-state index in [0.717, 1.165) is 17.1 Å². The fourth-order valence-electron chi connectivity index (χ4n) is 3.85. The topological polar surface area (TPSA) is 9.23 Å². The third-order valence-corrected chi connectivity index (χ3v) is 5.93. The molecule has 0 aliphatic rings. The molecule has 0 rings (SSSR count). The van der Waals surface area contributed by atoms with Gasteiger partial charge in [-0.2, -0.15) is 0 Å². The van der Waals surface area contributed by atoms with Gasteiger partial charge in [-0.15, -0.1) is 0 Å². The fourth-order valence-corrected chi connectivity index (χ4v) is 4.05. The largest absolute Gasteiger partial charge is 0.428 e. The van der Waals surface area contributed by atoms with Crippen LogP contribution in [-0.2, 0) is 4.43 Å². The molecule has 0 saturated carbocycles. The van der Waals surface area contributed by atoms with Crippen molar-refractivity contribution < 1.29 is 4.43 Å². The van der Waals surface area contributed by atoms with Crippen LogP contribution in [0.4, 0.5) is 0 Å². The van der Waals surface area contributed by atoms with Gasteiger partial charge in [-0.25, -0.2) is 0 Å². The fraction of sp³-hybridized carbons (Fsp3) is 1.00. The number of hydrogen-bond donors (Lipinski definition) is 0. The molecule has 0 fully saturated rings. The highest BCUT2D eigenvalue weighted by molar-refractivity contribution is 5.97. The Balaban J connectivity index is 4.51. The molecule has 1 nitrogen and oxygen atoms in total. The lowest BCUT2D eigenvalue weighted by Gasteiger charge is -2.35. The first-order valence-electron chi connectivity index (χ1n) is 10.7. The Hall–Kier alpha value is 0.177. The van der Waals surface area contributed by atoms with E-state index in [1.807, 2.05) is 0 Å². The Morgan fingerprint density at radius 3 is 1.26 bits per heavy atom. The van der Waals surface area contributed by atoms with Crippen molar-refractivity contribution in [2.75, 3.05) is 6.61 Å². The summed E-state index contributed by atoms with van der Waals surface area (Å²) in [4.78, 5) is 0. The highest BCUT2D eigenvalue weighted by atomic mass is 28.2. The molecule has 0 unspecified atom stereocenters. The number of rotatable bonds is 18. The maximum Gasteiger partial charge on any atom is 0.145 e. The van der Waals surface area contributed by atoms with Gasteiger partial charge < -0.3 is 4.43 Å². The van der Waals surface area contributed by atoms with Crippen molar-refractivity contribution in [2.24, 2.45) is 5.41 Å². The molecule has 23 heavy (non-hydrogen) atoms. The molecule has 0 N–H and O–H groups in total. The monoisotopic (exact) mass is 342 g/mol. The quantitative estimate of drug-likeness (QED) is 0.202. The van der Waals surface area contributed by atoms with Gasteiger partial charge in [0.25, 0.3) is 0 Å². The van der Waals surface area contributed by atoms with E-state index in [0.29, 0.717) is 5.41 Å². The third-order valence-electron chi connectivity index (χ3n) is 5.52. The third kappa shape index (κ3) is 13.2. The van der Waals surface area contributed by atoms with E-state index in [9.17, 15) is 0 Å². The van der Waals surface area contributed by atoms with Crippen LogP contribution in [0.5, 0.6) is 0 Å². The van der Waals surface area contributed by atoms with Crippen LogP contribution in [0.3, 0.4) is 0 Å². The van der Waals surface area contributed by atoms with Crippen LogP contribution in [0.15, 0.2) is 0 Å². The summed E-state index contributed by atoms with van der Waals surface area (Å²) in [5, 5.41) is 0. The Labute approximate surface area is 150 Å². The molecular weight excluding hydrogens is 296 g/mol. The minimum Gasteiger partial charge on any atom is -0.428 e. The number of hydrogen-bond acceptors (Lipinski definition) is 1. The highest BCUT2D eigenvalue weighted by Crippen LogP contribution is 2.40. The van der Waals surface area contributed by atoms with Gasteiger partial charge >= 0.3 is 0 Å². The van der Waals surface area contributed by atoms with Crippen molar-refractivity contribution in [2.45, 2.75) is 124 Å². The summed E-state index contributed by atoms with van der Waals surface area (Å²) in [5.74, 6) is 0. The van der Waals surface area contributed by atoms with Crippen LogP contribution in [0.2, 0.25) is 0 Å². The van der Waals surface area contributed by atoms with Crippen LogP contribution in [0, 0.1) is 5.41 Å². The van der Waals surface area contributed by atoms with Gasteiger partial charge in [0.1, 0.15) is 10.5 Å². The second-order valence-electron chi connectivity index (χ2n) is 7.67. The van der Waals surface area contributed by atoms with Gasteiger partial charge in [0, 0.05) is 6.61 Å². The lowest BCUT2D eigenvalue weighted by molar-refractivity contribution is 0.145. The van der Waals surface area contributed by atoms with Gasteiger partial charge in [0.15, 0.2) is 0 Å². The average molecular weight is 343 g/mol. The molecule has 0 amide bonds. The summed E-state index contributed by atoms with van der Waals surface area (Å²) in [6.45, 7) is 7.97. The molecule has 0 aromatic rings. The van der Waals surface area contributed by atoms with E-state index in [1.165, 1.54) is 103 Å². The van der Waals surface area contributed by atoms with Crippen molar-refractivity contribution in [3.05, 3.63) is 0 Å². The standard InChI is InChI=1S/C21H46OSi/c1-4-7-10-13-16-21(19-20-22-23,17-14-11-8-5-2)18-15-12-9-6-3/h4-20H2,1-3,23H3. The van der Waals surface area contributed by atoms with E-state index < -0.39 is 0 Å². The lowest BCUT2D eigenvalue weighted by atomic mass is 9.72. The minimum absolute atomic E-state index is 0.597. The Kier molecular flexibility index (Phi) is 17.1. The van der Waals surface area contributed by atoms with Crippen LogP contribution in [0.25, 0.3) is 0 Å². The first-order valence-corrected chi connectivity index (χ1v) is 11.5. The predicted molar refractivity (Wildman–Crippen MR) is 109 cm³/mol. The zero-order chi connectivity index (χ0) is 17.2. The molecule has 0 spiro atoms. The molecule has 0 saturated heterocycles. The van der Waals surface area contributed by atoms with E-state index >= 15 is 0 Å². The molecule has 0 bridgehead atoms. The minimum atomic E-state index is 0.597. The Morgan fingerprint density at radius 1 is 0.565 bits per heavy atom. The molecule has 0 atom stereocenters. The summed E-state index contributed by atoms with van der Waals surface area (Å²) >= 11 is 0. The molecule has 0 aliphatic heterocycles. The van der Waals surface area contributed by atoms with E-state index in [4.69, 9.17) is 4.43 Å². The molecule has 0 aliphatic carbocycles. The normalized spacial score (nSPS) is 12.1. The van der Waals surface area contributed by atoms with Crippen LogP contribution >= 0.6 is 0 Å². The summed E-state index contributed by atoms with van der Waals surface area (Å²) in [7, 11) is 0.901.